The molecule has 11 rings (SSSR count). The average molecular weight is 738 g/mol. The molecule has 5 heteroatoms. The van der Waals surface area contributed by atoms with E-state index in [0.717, 1.165) is 55.3 Å². The van der Waals surface area contributed by atoms with Gasteiger partial charge in [-0.1, -0.05) is 151 Å². The van der Waals surface area contributed by atoms with Crippen molar-refractivity contribution >= 4 is 71.2 Å². The van der Waals surface area contributed by atoms with Crippen molar-refractivity contribution in [3.63, 3.8) is 0 Å². The number of hydrogen-bond donors (Lipinski definition) is 0. The number of para-hydroxylation sites is 2. The average Bonchev–Trinajstić information content (AvgIpc) is 3.64. The maximum atomic E-state index is 5.34. The van der Waals surface area contributed by atoms with E-state index in [1.807, 2.05) is 11.8 Å². The molecule has 0 N–H and O–H groups in total. The van der Waals surface area contributed by atoms with Gasteiger partial charge in [0.15, 0.2) is 5.82 Å². The summed E-state index contributed by atoms with van der Waals surface area (Å²) >= 11 is 3.60. The molecule has 0 unspecified atom stereocenters. The van der Waals surface area contributed by atoms with Gasteiger partial charge in [-0.05, 0) is 70.8 Å². The molecule has 0 atom stereocenters. The first-order valence-electron chi connectivity index (χ1n) is 18.4. The van der Waals surface area contributed by atoms with Crippen LogP contribution in [0, 0.1) is 0 Å². The van der Waals surface area contributed by atoms with Crippen molar-refractivity contribution in [2.75, 3.05) is 4.90 Å². The van der Waals surface area contributed by atoms with Crippen LogP contribution in [0.4, 0.5) is 17.1 Å². The highest BCUT2D eigenvalue weighted by Gasteiger charge is 2.25. The molecule has 10 aromatic rings. The molecule has 8 aromatic carbocycles. The fourth-order valence-electron chi connectivity index (χ4n) is 7.90. The third-order valence-corrected chi connectivity index (χ3v) is 12.8. The molecular weight excluding hydrogens is 707 g/mol. The maximum Gasteiger partial charge on any atom is 0.160 e. The van der Waals surface area contributed by atoms with Crippen LogP contribution in [0.3, 0.4) is 0 Å². The molecule has 1 aliphatic heterocycles. The van der Waals surface area contributed by atoms with Crippen molar-refractivity contribution in [1.82, 2.24) is 9.97 Å². The molecule has 0 saturated carbocycles. The first kappa shape index (κ1) is 31.9. The summed E-state index contributed by atoms with van der Waals surface area (Å²) in [6, 6.07) is 67.2. The molecule has 0 spiro atoms. The van der Waals surface area contributed by atoms with E-state index in [1.165, 1.54) is 47.5 Å². The van der Waals surface area contributed by atoms with Gasteiger partial charge in [0.2, 0.25) is 0 Å². The third kappa shape index (κ3) is 5.43. The van der Waals surface area contributed by atoms with E-state index in [2.05, 4.69) is 193 Å². The topological polar surface area (TPSA) is 29.0 Å². The van der Waals surface area contributed by atoms with Gasteiger partial charge in [-0.15, -0.1) is 11.3 Å². The molecule has 258 valence electrons. The number of aromatic nitrogens is 2. The van der Waals surface area contributed by atoms with Gasteiger partial charge in [0.25, 0.3) is 0 Å². The van der Waals surface area contributed by atoms with Crippen LogP contribution in [0.15, 0.2) is 198 Å². The Morgan fingerprint density at radius 3 is 1.84 bits per heavy atom. The second-order valence-corrected chi connectivity index (χ2v) is 15.9. The summed E-state index contributed by atoms with van der Waals surface area (Å²) in [5, 5.41) is 3.67. The normalized spacial score (nSPS) is 11.9. The maximum absolute atomic E-state index is 5.34. The Morgan fingerprint density at radius 1 is 0.436 bits per heavy atom. The van der Waals surface area contributed by atoms with E-state index in [9.17, 15) is 0 Å². The predicted molar refractivity (Wildman–Crippen MR) is 233 cm³/mol. The standard InChI is InChI=1S/C50H31N3S2/c1-4-13-32(14-5-1)33-23-25-34(26-24-33)47-49-48(41-19-10-11-22-43(41)55-49)52-50(51-47)35-27-28-38-39-20-12-21-40-42(29-30-44(46(39)40)54-45(38)31-35)53(36-15-6-2-7-16-36)37-17-8-3-9-18-37/h1-31H. The van der Waals surface area contributed by atoms with E-state index >= 15 is 0 Å². The smallest absolute Gasteiger partial charge is 0.160 e. The van der Waals surface area contributed by atoms with Gasteiger partial charge >= 0.3 is 0 Å². The minimum atomic E-state index is 0.738. The van der Waals surface area contributed by atoms with Gasteiger partial charge < -0.3 is 4.90 Å². The van der Waals surface area contributed by atoms with Gasteiger partial charge in [-0.2, -0.15) is 0 Å². The minimum Gasteiger partial charge on any atom is -0.310 e. The van der Waals surface area contributed by atoms with Gasteiger partial charge in [0.05, 0.1) is 21.6 Å². The Kier molecular flexibility index (Phi) is 7.61. The number of fused-ring (bicyclic) bond motifs is 5. The van der Waals surface area contributed by atoms with Gasteiger partial charge in [0.1, 0.15) is 0 Å². The van der Waals surface area contributed by atoms with Crippen LogP contribution >= 0.6 is 23.1 Å². The van der Waals surface area contributed by atoms with E-state index in [-0.39, 0.29) is 0 Å². The fraction of sp³-hybridized carbons (Fsp3) is 0. The van der Waals surface area contributed by atoms with Crippen LogP contribution in [0.5, 0.6) is 0 Å². The summed E-state index contributed by atoms with van der Waals surface area (Å²) < 4.78 is 2.33. The largest absolute Gasteiger partial charge is 0.310 e. The lowest BCUT2D eigenvalue weighted by molar-refractivity contribution is 1.23. The van der Waals surface area contributed by atoms with Crippen LogP contribution in [0.25, 0.3) is 76.0 Å². The summed E-state index contributed by atoms with van der Waals surface area (Å²) in [7, 11) is 0. The minimum absolute atomic E-state index is 0.738. The second kappa shape index (κ2) is 13.1. The second-order valence-electron chi connectivity index (χ2n) is 13.7. The molecule has 2 aromatic heterocycles. The van der Waals surface area contributed by atoms with Crippen molar-refractivity contribution in [2.45, 2.75) is 9.79 Å². The lowest BCUT2D eigenvalue weighted by Crippen LogP contribution is -2.10. The highest BCUT2D eigenvalue weighted by molar-refractivity contribution is 7.99. The molecule has 0 fully saturated rings. The van der Waals surface area contributed by atoms with Crippen LogP contribution in [-0.4, -0.2) is 9.97 Å². The lowest BCUT2D eigenvalue weighted by Gasteiger charge is -2.29. The number of thiophene rings is 1. The quantitative estimate of drug-likeness (QED) is 0.170. The van der Waals surface area contributed by atoms with E-state index < -0.39 is 0 Å². The Bertz CT molecular complexity index is 3010. The monoisotopic (exact) mass is 737 g/mol. The Morgan fingerprint density at radius 2 is 1.07 bits per heavy atom. The summed E-state index contributed by atoms with van der Waals surface area (Å²) in [5.41, 5.74) is 12.4. The van der Waals surface area contributed by atoms with Crippen molar-refractivity contribution in [3.05, 3.63) is 188 Å². The highest BCUT2D eigenvalue weighted by atomic mass is 32.2. The molecule has 1 aliphatic rings. The third-order valence-electron chi connectivity index (χ3n) is 10.5. The SMILES string of the molecule is c1ccc(-c2ccc(-c3nc(-c4ccc5c(c4)Sc4ccc(N(c6ccccc6)c6ccccc6)c6cccc-5c46)nc4c3sc3ccccc34)cc2)cc1. The molecule has 0 radical (unpaired) electrons. The van der Waals surface area contributed by atoms with Crippen molar-refractivity contribution in [1.29, 1.82) is 0 Å². The predicted octanol–water partition coefficient (Wildman–Crippen LogP) is 14.6. The number of anilines is 3. The van der Waals surface area contributed by atoms with Gasteiger partial charge in [-0.25, -0.2) is 9.97 Å². The van der Waals surface area contributed by atoms with Crippen LogP contribution < -0.4 is 4.90 Å². The highest BCUT2D eigenvalue weighted by Crippen LogP contribution is 2.52. The fourth-order valence-corrected chi connectivity index (χ4v) is 10.2. The van der Waals surface area contributed by atoms with Gasteiger partial charge in [0, 0.05) is 53.2 Å². The summed E-state index contributed by atoms with van der Waals surface area (Å²) in [6.45, 7) is 0. The molecule has 3 nitrogen and oxygen atoms in total. The van der Waals surface area contributed by atoms with Crippen molar-refractivity contribution < 1.29 is 0 Å². The Hall–Kier alpha value is -6.53. The zero-order valence-corrected chi connectivity index (χ0v) is 31.2. The number of nitrogens with zero attached hydrogens (tertiary/aromatic N) is 3. The van der Waals surface area contributed by atoms with Crippen LogP contribution in [0.1, 0.15) is 0 Å². The zero-order valence-electron chi connectivity index (χ0n) is 29.6. The summed E-state index contributed by atoms with van der Waals surface area (Å²) in [4.78, 5) is 15.5. The molecule has 0 bridgehead atoms. The molecule has 0 amide bonds. The van der Waals surface area contributed by atoms with E-state index in [1.54, 1.807) is 11.3 Å². The molecule has 0 aliphatic carbocycles. The molecule has 0 saturated heterocycles. The van der Waals surface area contributed by atoms with E-state index in [4.69, 9.17) is 9.97 Å². The van der Waals surface area contributed by atoms with Crippen LogP contribution in [0.2, 0.25) is 0 Å². The first-order chi connectivity index (χ1) is 27.3. The molecular formula is C50H31N3S2. The van der Waals surface area contributed by atoms with Crippen LogP contribution in [-0.2, 0) is 0 Å². The van der Waals surface area contributed by atoms with Crippen molar-refractivity contribution in [3.8, 4) is 44.9 Å². The van der Waals surface area contributed by atoms with E-state index in [0.29, 0.717) is 0 Å². The van der Waals surface area contributed by atoms with Gasteiger partial charge in [-0.3, -0.25) is 0 Å². The molecule has 3 heterocycles. The Balaban J connectivity index is 1.04. The first-order valence-corrected chi connectivity index (χ1v) is 20.0. The zero-order chi connectivity index (χ0) is 36.3. The molecule has 55 heavy (non-hydrogen) atoms. The summed E-state index contributed by atoms with van der Waals surface area (Å²) in [6.07, 6.45) is 0. The Labute approximate surface area is 327 Å². The number of rotatable bonds is 6. The number of benzene rings is 8. The number of hydrogen-bond acceptors (Lipinski definition) is 5. The van der Waals surface area contributed by atoms with Crippen molar-refractivity contribution in [2.24, 2.45) is 0 Å². The summed E-state index contributed by atoms with van der Waals surface area (Å²) in [5.74, 6) is 0.738. The lowest BCUT2D eigenvalue weighted by atomic mass is 9.95.